The van der Waals surface area contributed by atoms with E-state index in [0.29, 0.717) is 31.2 Å². The molecule has 1 aromatic carbocycles. The number of nitrogens with one attached hydrogen (secondary N) is 3. The van der Waals surface area contributed by atoms with Gasteiger partial charge in [-0.2, -0.15) is 0 Å². The number of sulfonamides is 1. The molecule has 1 aliphatic heterocycles. The fourth-order valence-electron chi connectivity index (χ4n) is 2.99. The van der Waals surface area contributed by atoms with Crippen LogP contribution in [0, 0.1) is 0 Å². The fraction of sp³-hybridized carbons (Fsp3) is 0.600. The highest BCUT2D eigenvalue weighted by Crippen LogP contribution is 2.11. The number of amides is 1. The highest BCUT2D eigenvalue weighted by Gasteiger charge is 2.17. The topological polar surface area (TPSA) is 112 Å². The molecule has 1 amide bonds. The Balaban J connectivity index is 0.00000480. The fourth-order valence-corrected chi connectivity index (χ4v) is 3.95. The van der Waals surface area contributed by atoms with Gasteiger partial charge in [-0.3, -0.25) is 9.79 Å². The van der Waals surface area contributed by atoms with Crippen molar-refractivity contribution in [3.63, 3.8) is 0 Å². The third-order valence-corrected chi connectivity index (χ3v) is 6.11. The summed E-state index contributed by atoms with van der Waals surface area (Å²) in [5.41, 5.74) is 1.61. The molecule has 1 saturated heterocycles. The van der Waals surface area contributed by atoms with E-state index in [0.717, 1.165) is 24.8 Å². The number of halogens is 1. The summed E-state index contributed by atoms with van der Waals surface area (Å²) >= 11 is 0. The zero-order valence-electron chi connectivity index (χ0n) is 18.4. The van der Waals surface area contributed by atoms with Gasteiger partial charge in [-0.25, -0.2) is 13.1 Å². The van der Waals surface area contributed by atoms with Crippen LogP contribution in [0.15, 0.2) is 29.3 Å². The Kier molecular flexibility index (Phi) is 12.3. The molecular formula is C20H34IN5O4S. The van der Waals surface area contributed by atoms with E-state index in [9.17, 15) is 13.2 Å². The number of ether oxygens (including phenoxy) is 1. The zero-order valence-corrected chi connectivity index (χ0v) is 21.5. The number of carbonyl (C=O) groups is 1. The minimum Gasteiger partial charge on any atom is -0.377 e. The lowest BCUT2D eigenvalue weighted by Gasteiger charge is -2.22. The lowest BCUT2D eigenvalue weighted by atomic mass is 10.1. The van der Waals surface area contributed by atoms with Crippen LogP contribution in [0.25, 0.3) is 0 Å². The number of hydrogen-bond acceptors (Lipinski definition) is 5. The number of nitrogens with zero attached hydrogens (tertiary/aromatic N) is 2. The first-order valence-corrected chi connectivity index (χ1v) is 11.8. The predicted molar refractivity (Wildman–Crippen MR) is 133 cm³/mol. The third-order valence-electron chi connectivity index (χ3n) is 4.76. The highest BCUT2D eigenvalue weighted by atomic mass is 127. The van der Waals surface area contributed by atoms with Crippen molar-refractivity contribution < 1.29 is 17.9 Å². The van der Waals surface area contributed by atoms with E-state index >= 15 is 0 Å². The molecule has 0 aliphatic carbocycles. The highest BCUT2D eigenvalue weighted by molar-refractivity contribution is 14.0. The van der Waals surface area contributed by atoms with Gasteiger partial charge < -0.3 is 20.3 Å². The van der Waals surface area contributed by atoms with E-state index in [1.165, 1.54) is 4.90 Å². The van der Waals surface area contributed by atoms with Crippen molar-refractivity contribution in [2.24, 2.45) is 4.99 Å². The lowest BCUT2D eigenvalue weighted by Crippen LogP contribution is -2.42. The normalized spacial score (nSPS) is 16.9. The minimum atomic E-state index is -3.38. The second-order valence-electron chi connectivity index (χ2n) is 7.40. The van der Waals surface area contributed by atoms with Gasteiger partial charge in [0.25, 0.3) is 5.91 Å². The molecule has 1 aromatic rings. The molecule has 3 N–H and O–H groups in total. The standard InChI is InChI=1S/C20H33N5O4S.HI/c1-21-20(23-14-16-7-9-17(10-8-16)19(26)25(2)3)22-11-13-30(27,28)24-15-18-6-4-5-12-29-18;/h7-10,18,24H,4-6,11-15H2,1-3H3,(H2,21,22,23);1H. The maximum atomic E-state index is 12.2. The summed E-state index contributed by atoms with van der Waals surface area (Å²) in [6.07, 6.45) is 2.97. The Bertz CT molecular complexity index is 809. The molecule has 1 atom stereocenters. The largest absolute Gasteiger partial charge is 0.377 e. The van der Waals surface area contributed by atoms with Crippen molar-refractivity contribution in [2.75, 3.05) is 46.6 Å². The molecular weight excluding hydrogens is 533 g/mol. The molecule has 0 radical (unpaired) electrons. The van der Waals surface area contributed by atoms with Gasteiger partial charge >= 0.3 is 0 Å². The number of rotatable bonds is 9. The van der Waals surface area contributed by atoms with Crippen LogP contribution < -0.4 is 15.4 Å². The average molecular weight is 567 g/mol. The summed E-state index contributed by atoms with van der Waals surface area (Å²) in [7, 11) is 1.67. The van der Waals surface area contributed by atoms with E-state index in [1.54, 1.807) is 33.3 Å². The summed E-state index contributed by atoms with van der Waals surface area (Å²) in [5.74, 6) is 0.410. The van der Waals surface area contributed by atoms with Crippen molar-refractivity contribution >= 4 is 45.9 Å². The molecule has 0 spiro atoms. The van der Waals surface area contributed by atoms with Gasteiger partial charge in [-0.1, -0.05) is 12.1 Å². The molecule has 2 rings (SSSR count). The first-order valence-electron chi connectivity index (χ1n) is 10.1. The van der Waals surface area contributed by atoms with Crippen molar-refractivity contribution in [2.45, 2.75) is 31.9 Å². The Morgan fingerprint density at radius 3 is 2.48 bits per heavy atom. The lowest BCUT2D eigenvalue weighted by molar-refractivity contribution is 0.0200. The molecule has 1 aliphatic rings. The molecule has 1 fully saturated rings. The van der Waals surface area contributed by atoms with Crippen LogP contribution in [0.2, 0.25) is 0 Å². The summed E-state index contributed by atoms with van der Waals surface area (Å²) in [6, 6.07) is 7.31. The predicted octanol–water partition coefficient (Wildman–Crippen LogP) is 1.16. The summed E-state index contributed by atoms with van der Waals surface area (Å²) < 4.78 is 32.5. The number of benzene rings is 1. The van der Waals surface area contributed by atoms with E-state index in [-0.39, 0.29) is 48.3 Å². The number of hydrogen-bond donors (Lipinski definition) is 3. The van der Waals surface area contributed by atoms with Gasteiger partial charge in [-0.15, -0.1) is 24.0 Å². The van der Waals surface area contributed by atoms with E-state index in [1.807, 2.05) is 12.1 Å². The van der Waals surface area contributed by atoms with Crippen LogP contribution in [0.4, 0.5) is 0 Å². The molecule has 0 bridgehead atoms. The van der Waals surface area contributed by atoms with Crippen LogP contribution >= 0.6 is 24.0 Å². The quantitative estimate of drug-likeness (QED) is 0.235. The minimum absolute atomic E-state index is 0. The maximum absolute atomic E-state index is 12.2. The number of carbonyl (C=O) groups excluding carboxylic acids is 1. The Hall–Kier alpha value is -1.44. The van der Waals surface area contributed by atoms with Gasteiger partial charge in [-0.05, 0) is 37.0 Å². The van der Waals surface area contributed by atoms with Crippen molar-refractivity contribution in [3.8, 4) is 0 Å². The molecule has 9 nitrogen and oxygen atoms in total. The Morgan fingerprint density at radius 1 is 1.19 bits per heavy atom. The number of guanidine groups is 1. The second-order valence-corrected chi connectivity index (χ2v) is 9.33. The average Bonchev–Trinajstić information content (AvgIpc) is 2.75. The monoisotopic (exact) mass is 567 g/mol. The zero-order chi connectivity index (χ0) is 22.0. The van der Waals surface area contributed by atoms with Crippen LogP contribution in [0.3, 0.4) is 0 Å². The van der Waals surface area contributed by atoms with Crippen molar-refractivity contribution in [1.29, 1.82) is 0 Å². The molecule has 11 heteroatoms. The molecule has 0 saturated carbocycles. The van der Waals surface area contributed by atoms with Crippen molar-refractivity contribution in [1.82, 2.24) is 20.3 Å². The maximum Gasteiger partial charge on any atom is 0.253 e. The van der Waals surface area contributed by atoms with E-state index in [2.05, 4.69) is 20.3 Å². The van der Waals surface area contributed by atoms with Crippen LogP contribution in [-0.4, -0.2) is 77.9 Å². The second kappa shape index (κ2) is 13.9. The van der Waals surface area contributed by atoms with Gasteiger partial charge in [0.05, 0.1) is 11.9 Å². The van der Waals surface area contributed by atoms with E-state index < -0.39 is 10.0 Å². The molecule has 1 heterocycles. The van der Waals surface area contributed by atoms with Gasteiger partial charge in [0.2, 0.25) is 10.0 Å². The summed E-state index contributed by atoms with van der Waals surface area (Å²) in [6.45, 7) is 1.75. The summed E-state index contributed by atoms with van der Waals surface area (Å²) in [4.78, 5) is 17.6. The first kappa shape index (κ1) is 27.6. The van der Waals surface area contributed by atoms with Crippen LogP contribution in [0.1, 0.15) is 35.2 Å². The van der Waals surface area contributed by atoms with Gasteiger partial charge in [0.1, 0.15) is 0 Å². The van der Waals surface area contributed by atoms with Crippen molar-refractivity contribution in [3.05, 3.63) is 35.4 Å². The molecule has 176 valence electrons. The first-order chi connectivity index (χ1) is 14.3. The number of aliphatic imine (C=N–C) groups is 1. The SMILES string of the molecule is CN=C(NCCS(=O)(=O)NCC1CCCCO1)NCc1ccc(C(=O)N(C)C)cc1.I. The molecule has 0 aromatic heterocycles. The van der Waals surface area contributed by atoms with Gasteiger partial charge in [0, 0.05) is 52.9 Å². The van der Waals surface area contributed by atoms with Gasteiger partial charge in [0.15, 0.2) is 5.96 Å². The Labute approximate surface area is 202 Å². The smallest absolute Gasteiger partial charge is 0.253 e. The summed E-state index contributed by atoms with van der Waals surface area (Å²) in [5, 5.41) is 6.14. The van der Waals surface area contributed by atoms with Crippen LogP contribution in [-0.2, 0) is 21.3 Å². The molecule has 1 unspecified atom stereocenters. The van der Waals surface area contributed by atoms with Crippen LogP contribution in [0.5, 0.6) is 0 Å². The Morgan fingerprint density at radius 2 is 1.90 bits per heavy atom. The van der Waals surface area contributed by atoms with E-state index in [4.69, 9.17) is 4.74 Å². The molecule has 31 heavy (non-hydrogen) atoms. The third kappa shape index (κ3) is 10.1.